The molecule has 0 atom stereocenters. The lowest BCUT2D eigenvalue weighted by Crippen LogP contribution is -2.33. The van der Waals surface area contributed by atoms with Crippen molar-refractivity contribution in [3.05, 3.63) is 64.9 Å². The van der Waals surface area contributed by atoms with Crippen molar-refractivity contribution in [2.24, 2.45) is 0 Å². The van der Waals surface area contributed by atoms with Crippen molar-refractivity contribution in [1.82, 2.24) is 15.0 Å². The molecule has 2 amide bonds. The molecule has 1 N–H and O–H groups in total. The standard InChI is InChI=1S/C19H19ClN4O2/c1-13-15(20)9-6-10-16(13)21-19(25)24(2)12-11-17-22-18(26-23-17)14-7-4-3-5-8-14/h3-10H,11-12H2,1-2H3,(H,21,25). The summed E-state index contributed by atoms with van der Waals surface area (Å²) >= 11 is 6.08. The molecule has 0 saturated heterocycles. The molecular weight excluding hydrogens is 352 g/mol. The molecule has 1 heterocycles. The zero-order valence-electron chi connectivity index (χ0n) is 14.6. The number of carbonyl (C=O) groups excluding carboxylic acids is 1. The molecule has 3 aromatic rings. The van der Waals surface area contributed by atoms with E-state index in [4.69, 9.17) is 16.1 Å². The van der Waals surface area contributed by atoms with Crippen LogP contribution in [0.3, 0.4) is 0 Å². The van der Waals surface area contributed by atoms with E-state index in [9.17, 15) is 4.79 Å². The van der Waals surface area contributed by atoms with E-state index in [1.54, 1.807) is 24.1 Å². The maximum atomic E-state index is 12.3. The van der Waals surface area contributed by atoms with Crippen LogP contribution in [-0.2, 0) is 6.42 Å². The predicted molar refractivity (Wildman–Crippen MR) is 101 cm³/mol. The summed E-state index contributed by atoms with van der Waals surface area (Å²) in [6, 6.07) is 14.8. The second kappa shape index (κ2) is 8.01. The first kappa shape index (κ1) is 17.9. The Labute approximate surface area is 156 Å². The molecule has 0 aliphatic rings. The molecule has 1 aromatic heterocycles. The lowest BCUT2D eigenvalue weighted by Gasteiger charge is -2.18. The van der Waals surface area contributed by atoms with Crippen molar-refractivity contribution in [1.29, 1.82) is 0 Å². The van der Waals surface area contributed by atoms with E-state index >= 15 is 0 Å². The molecule has 0 radical (unpaired) electrons. The Morgan fingerprint density at radius 3 is 2.73 bits per heavy atom. The predicted octanol–water partition coefficient (Wildman–Crippen LogP) is 4.40. The SMILES string of the molecule is Cc1c(Cl)cccc1NC(=O)N(C)CCc1noc(-c2ccccc2)n1. The summed E-state index contributed by atoms with van der Waals surface area (Å²) in [4.78, 5) is 18.3. The smallest absolute Gasteiger partial charge is 0.321 e. The number of benzene rings is 2. The van der Waals surface area contributed by atoms with Crippen LogP contribution in [0, 0.1) is 6.92 Å². The summed E-state index contributed by atoms with van der Waals surface area (Å²) in [6.45, 7) is 2.32. The number of rotatable bonds is 5. The van der Waals surface area contributed by atoms with E-state index in [-0.39, 0.29) is 6.03 Å². The molecule has 3 rings (SSSR count). The zero-order valence-corrected chi connectivity index (χ0v) is 15.3. The molecule has 2 aromatic carbocycles. The fraction of sp³-hybridized carbons (Fsp3) is 0.211. The van der Waals surface area contributed by atoms with Gasteiger partial charge in [-0.15, -0.1) is 0 Å². The Morgan fingerprint density at radius 2 is 1.96 bits per heavy atom. The molecule has 0 fully saturated rings. The van der Waals surface area contributed by atoms with Crippen LogP contribution < -0.4 is 5.32 Å². The van der Waals surface area contributed by atoms with Crippen molar-refractivity contribution in [3.8, 4) is 11.5 Å². The van der Waals surface area contributed by atoms with Gasteiger partial charge >= 0.3 is 6.03 Å². The highest BCUT2D eigenvalue weighted by Crippen LogP contribution is 2.23. The van der Waals surface area contributed by atoms with Crippen LogP contribution in [0.1, 0.15) is 11.4 Å². The first-order chi connectivity index (χ1) is 12.5. The summed E-state index contributed by atoms with van der Waals surface area (Å²) in [5, 5.41) is 7.44. The van der Waals surface area contributed by atoms with E-state index in [2.05, 4.69) is 15.5 Å². The van der Waals surface area contributed by atoms with Crippen LogP contribution in [0.4, 0.5) is 10.5 Å². The number of hydrogen-bond donors (Lipinski definition) is 1. The van der Waals surface area contributed by atoms with Crippen LogP contribution in [0.25, 0.3) is 11.5 Å². The minimum Gasteiger partial charge on any atom is -0.334 e. The van der Waals surface area contributed by atoms with E-state index in [0.29, 0.717) is 35.4 Å². The molecule has 0 unspecified atom stereocenters. The Morgan fingerprint density at radius 1 is 1.19 bits per heavy atom. The van der Waals surface area contributed by atoms with Gasteiger partial charge < -0.3 is 14.7 Å². The van der Waals surface area contributed by atoms with E-state index in [0.717, 1.165) is 11.1 Å². The van der Waals surface area contributed by atoms with Crippen molar-refractivity contribution >= 4 is 23.3 Å². The van der Waals surface area contributed by atoms with Gasteiger partial charge in [0.2, 0.25) is 0 Å². The third kappa shape index (κ3) is 4.21. The summed E-state index contributed by atoms with van der Waals surface area (Å²) in [6.07, 6.45) is 0.495. The number of aromatic nitrogens is 2. The second-order valence-electron chi connectivity index (χ2n) is 5.90. The van der Waals surface area contributed by atoms with Gasteiger partial charge in [-0.05, 0) is 36.8 Å². The third-order valence-electron chi connectivity index (χ3n) is 4.02. The van der Waals surface area contributed by atoms with Gasteiger partial charge in [-0.2, -0.15) is 4.98 Å². The van der Waals surface area contributed by atoms with Gasteiger partial charge in [0.05, 0.1) is 0 Å². The van der Waals surface area contributed by atoms with E-state index in [1.165, 1.54) is 0 Å². The first-order valence-corrected chi connectivity index (χ1v) is 8.57. The molecule has 0 spiro atoms. The van der Waals surface area contributed by atoms with Crippen LogP contribution in [-0.4, -0.2) is 34.7 Å². The lowest BCUT2D eigenvalue weighted by molar-refractivity contribution is 0.222. The minimum absolute atomic E-state index is 0.220. The number of likely N-dealkylation sites (N-methyl/N-ethyl adjacent to an activating group) is 1. The third-order valence-corrected chi connectivity index (χ3v) is 4.43. The quantitative estimate of drug-likeness (QED) is 0.722. The van der Waals surface area contributed by atoms with Gasteiger partial charge in [0, 0.05) is 36.3 Å². The Balaban J connectivity index is 1.57. The number of carbonyl (C=O) groups is 1. The maximum Gasteiger partial charge on any atom is 0.321 e. The Bertz CT molecular complexity index is 896. The molecular formula is C19H19ClN4O2. The highest BCUT2D eigenvalue weighted by Gasteiger charge is 2.13. The van der Waals surface area contributed by atoms with Gasteiger partial charge in [0.25, 0.3) is 5.89 Å². The Hall–Kier alpha value is -2.86. The largest absolute Gasteiger partial charge is 0.334 e. The summed E-state index contributed by atoms with van der Waals surface area (Å²) in [5.41, 5.74) is 2.40. The summed E-state index contributed by atoms with van der Waals surface area (Å²) < 4.78 is 5.27. The lowest BCUT2D eigenvalue weighted by atomic mass is 10.2. The highest BCUT2D eigenvalue weighted by molar-refractivity contribution is 6.31. The molecule has 134 valence electrons. The van der Waals surface area contributed by atoms with Gasteiger partial charge in [-0.3, -0.25) is 0 Å². The minimum atomic E-state index is -0.220. The van der Waals surface area contributed by atoms with E-state index in [1.807, 2.05) is 43.3 Å². The Kier molecular flexibility index (Phi) is 5.53. The molecule has 0 aliphatic heterocycles. The van der Waals surface area contributed by atoms with Crippen molar-refractivity contribution < 1.29 is 9.32 Å². The number of nitrogens with zero attached hydrogens (tertiary/aromatic N) is 3. The number of amides is 2. The zero-order chi connectivity index (χ0) is 18.5. The topological polar surface area (TPSA) is 71.3 Å². The molecule has 0 bridgehead atoms. The average Bonchev–Trinajstić information content (AvgIpc) is 3.13. The maximum absolute atomic E-state index is 12.3. The molecule has 0 aliphatic carbocycles. The number of hydrogen-bond acceptors (Lipinski definition) is 4. The number of anilines is 1. The van der Waals surface area contributed by atoms with Crippen molar-refractivity contribution in [2.75, 3.05) is 18.9 Å². The molecule has 0 saturated carbocycles. The van der Waals surface area contributed by atoms with E-state index < -0.39 is 0 Å². The average molecular weight is 371 g/mol. The number of nitrogens with one attached hydrogen (secondary N) is 1. The highest BCUT2D eigenvalue weighted by atomic mass is 35.5. The van der Waals surface area contributed by atoms with Crippen molar-refractivity contribution in [2.45, 2.75) is 13.3 Å². The van der Waals surface area contributed by atoms with Gasteiger partial charge in [-0.1, -0.05) is 41.0 Å². The number of halogens is 1. The van der Waals surface area contributed by atoms with Gasteiger partial charge in [-0.25, -0.2) is 4.79 Å². The second-order valence-corrected chi connectivity index (χ2v) is 6.30. The van der Waals surface area contributed by atoms with Gasteiger partial charge in [0.1, 0.15) is 0 Å². The van der Waals surface area contributed by atoms with Gasteiger partial charge in [0.15, 0.2) is 5.82 Å². The van der Waals surface area contributed by atoms with Crippen LogP contribution >= 0.6 is 11.6 Å². The fourth-order valence-electron chi connectivity index (χ4n) is 2.38. The normalized spacial score (nSPS) is 10.6. The van der Waals surface area contributed by atoms with Crippen LogP contribution in [0.5, 0.6) is 0 Å². The first-order valence-electron chi connectivity index (χ1n) is 8.20. The van der Waals surface area contributed by atoms with Crippen molar-refractivity contribution in [3.63, 3.8) is 0 Å². The molecule has 6 nitrogen and oxygen atoms in total. The summed E-state index contributed by atoms with van der Waals surface area (Å²) in [5.74, 6) is 1.03. The molecule has 7 heteroatoms. The molecule has 26 heavy (non-hydrogen) atoms. The fourth-order valence-corrected chi connectivity index (χ4v) is 2.55. The van der Waals surface area contributed by atoms with Crippen LogP contribution in [0.15, 0.2) is 53.1 Å². The monoisotopic (exact) mass is 370 g/mol. The summed E-state index contributed by atoms with van der Waals surface area (Å²) in [7, 11) is 1.72. The number of urea groups is 1. The van der Waals surface area contributed by atoms with Crippen LogP contribution in [0.2, 0.25) is 5.02 Å².